The molecule has 2 aromatic rings. The Labute approximate surface area is 120 Å². The summed E-state index contributed by atoms with van der Waals surface area (Å²) in [6, 6.07) is 3.43. The molecule has 0 aromatic carbocycles. The number of hydrogen-bond donors (Lipinski definition) is 2. The van der Waals surface area contributed by atoms with Crippen LogP contribution in [0.3, 0.4) is 0 Å². The number of hydrogen-bond acceptors (Lipinski definition) is 5. The van der Waals surface area contributed by atoms with E-state index in [4.69, 9.17) is 5.11 Å². The quantitative estimate of drug-likeness (QED) is 0.845. The van der Waals surface area contributed by atoms with Crippen molar-refractivity contribution in [3.8, 4) is 11.8 Å². The van der Waals surface area contributed by atoms with Crippen LogP contribution in [-0.4, -0.2) is 27.6 Å². The summed E-state index contributed by atoms with van der Waals surface area (Å²) in [7, 11) is 0. The van der Waals surface area contributed by atoms with Gasteiger partial charge in [-0.05, 0) is 19.1 Å². The van der Waals surface area contributed by atoms with Crippen LogP contribution in [0, 0.1) is 18.8 Å². The average Bonchev–Trinajstić information content (AvgIpc) is 2.86. The molecule has 0 unspecified atom stereocenters. The van der Waals surface area contributed by atoms with Gasteiger partial charge >= 0.3 is 0 Å². The fraction of sp³-hybridized carbons (Fsp3) is 0.214. The maximum atomic E-state index is 11.9. The number of carbonyl (C=O) groups is 1. The number of pyridine rings is 1. The highest BCUT2D eigenvalue weighted by atomic mass is 32.1. The van der Waals surface area contributed by atoms with Gasteiger partial charge in [-0.15, -0.1) is 11.3 Å². The summed E-state index contributed by atoms with van der Waals surface area (Å²) >= 11 is 1.42. The number of nitrogens with zero attached hydrogens (tertiary/aromatic N) is 2. The SMILES string of the molecule is Cc1nc(C(=O)Nc2cc(C#CCCO)ccn2)cs1. The van der Waals surface area contributed by atoms with E-state index in [-0.39, 0.29) is 12.5 Å². The number of anilines is 1. The van der Waals surface area contributed by atoms with E-state index in [9.17, 15) is 4.79 Å². The Morgan fingerprint density at radius 3 is 3.10 bits per heavy atom. The minimum atomic E-state index is -0.290. The monoisotopic (exact) mass is 287 g/mol. The molecule has 1 amide bonds. The lowest BCUT2D eigenvalue weighted by atomic mass is 10.2. The average molecular weight is 287 g/mol. The second-order valence-electron chi connectivity index (χ2n) is 3.91. The molecule has 0 fully saturated rings. The molecule has 2 rings (SSSR count). The molecular formula is C14H13N3O2S. The Bertz CT molecular complexity index is 670. The molecule has 20 heavy (non-hydrogen) atoms. The van der Waals surface area contributed by atoms with Crippen molar-refractivity contribution in [3.63, 3.8) is 0 Å². The van der Waals surface area contributed by atoms with Gasteiger partial charge in [0.2, 0.25) is 0 Å². The Morgan fingerprint density at radius 1 is 1.55 bits per heavy atom. The summed E-state index contributed by atoms with van der Waals surface area (Å²) in [6.45, 7) is 1.88. The van der Waals surface area contributed by atoms with E-state index in [2.05, 4.69) is 27.1 Å². The van der Waals surface area contributed by atoms with E-state index in [1.54, 1.807) is 23.7 Å². The van der Waals surface area contributed by atoms with Crippen molar-refractivity contribution in [2.45, 2.75) is 13.3 Å². The number of thiazole rings is 1. The van der Waals surface area contributed by atoms with Crippen LogP contribution < -0.4 is 5.32 Å². The van der Waals surface area contributed by atoms with E-state index >= 15 is 0 Å². The van der Waals surface area contributed by atoms with Crippen LogP contribution in [0.2, 0.25) is 0 Å². The van der Waals surface area contributed by atoms with Gasteiger partial charge in [0, 0.05) is 23.6 Å². The largest absolute Gasteiger partial charge is 0.395 e. The summed E-state index contributed by atoms with van der Waals surface area (Å²) in [5.74, 6) is 5.84. The van der Waals surface area contributed by atoms with E-state index in [0.717, 1.165) is 10.6 Å². The van der Waals surface area contributed by atoms with Gasteiger partial charge < -0.3 is 10.4 Å². The minimum absolute atomic E-state index is 0.0326. The topological polar surface area (TPSA) is 75.1 Å². The molecule has 0 aliphatic heterocycles. The minimum Gasteiger partial charge on any atom is -0.395 e. The maximum Gasteiger partial charge on any atom is 0.276 e. The zero-order valence-electron chi connectivity index (χ0n) is 10.9. The van der Waals surface area contributed by atoms with Crippen LogP contribution in [0.25, 0.3) is 0 Å². The van der Waals surface area contributed by atoms with Gasteiger partial charge in [-0.3, -0.25) is 4.79 Å². The molecule has 5 nitrogen and oxygen atoms in total. The van der Waals surface area contributed by atoms with Crippen molar-refractivity contribution in [2.75, 3.05) is 11.9 Å². The van der Waals surface area contributed by atoms with Crippen molar-refractivity contribution in [1.29, 1.82) is 0 Å². The molecular weight excluding hydrogens is 274 g/mol. The number of aliphatic hydroxyl groups is 1. The van der Waals surface area contributed by atoms with Gasteiger partial charge in [-0.1, -0.05) is 11.8 Å². The highest BCUT2D eigenvalue weighted by Crippen LogP contribution is 2.11. The molecule has 0 aliphatic carbocycles. The highest BCUT2D eigenvalue weighted by molar-refractivity contribution is 7.09. The molecule has 102 valence electrons. The molecule has 6 heteroatoms. The summed E-state index contributed by atoms with van der Waals surface area (Å²) in [4.78, 5) is 20.1. The first-order valence-corrected chi connectivity index (χ1v) is 6.86. The number of carbonyl (C=O) groups excluding carboxylic acids is 1. The van der Waals surface area contributed by atoms with Crippen LogP contribution >= 0.6 is 11.3 Å². The third-order valence-electron chi connectivity index (χ3n) is 2.32. The number of aromatic nitrogens is 2. The van der Waals surface area contributed by atoms with Crippen molar-refractivity contribution < 1.29 is 9.90 Å². The van der Waals surface area contributed by atoms with Crippen LogP contribution in [0.5, 0.6) is 0 Å². The van der Waals surface area contributed by atoms with Crippen LogP contribution in [-0.2, 0) is 0 Å². The number of aliphatic hydroxyl groups excluding tert-OH is 1. The van der Waals surface area contributed by atoms with E-state index in [0.29, 0.717) is 17.9 Å². The number of nitrogens with one attached hydrogen (secondary N) is 1. The van der Waals surface area contributed by atoms with Gasteiger partial charge in [-0.25, -0.2) is 9.97 Å². The molecule has 0 bridgehead atoms. The zero-order chi connectivity index (χ0) is 14.4. The molecule has 0 aliphatic rings. The van der Waals surface area contributed by atoms with Crippen LogP contribution in [0.1, 0.15) is 27.5 Å². The predicted octanol–water partition coefficient (Wildman–Crippen LogP) is 1.83. The van der Waals surface area contributed by atoms with Gasteiger partial charge in [0.1, 0.15) is 11.5 Å². The second-order valence-corrected chi connectivity index (χ2v) is 4.97. The standard InChI is InChI=1S/C14H13N3O2S/c1-10-16-12(9-20-10)14(19)17-13-8-11(5-6-15-13)4-2-3-7-18/h5-6,8-9,18H,3,7H2,1H3,(H,15,17,19). The predicted molar refractivity (Wildman–Crippen MR) is 77.6 cm³/mol. The fourth-order valence-electron chi connectivity index (χ4n) is 1.45. The van der Waals surface area contributed by atoms with Crippen LogP contribution in [0.15, 0.2) is 23.7 Å². The van der Waals surface area contributed by atoms with Crippen molar-refractivity contribution in [3.05, 3.63) is 40.0 Å². The summed E-state index contributed by atoms with van der Waals surface area (Å²) < 4.78 is 0. The molecule has 0 saturated carbocycles. The number of amides is 1. The van der Waals surface area contributed by atoms with Crippen molar-refractivity contribution in [1.82, 2.24) is 9.97 Å². The fourth-order valence-corrected chi connectivity index (χ4v) is 2.04. The van der Waals surface area contributed by atoms with Gasteiger partial charge in [0.25, 0.3) is 5.91 Å². The lowest BCUT2D eigenvalue weighted by Gasteiger charge is -2.02. The van der Waals surface area contributed by atoms with Gasteiger partial charge in [0.05, 0.1) is 11.6 Å². The van der Waals surface area contributed by atoms with E-state index < -0.39 is 0 Å². The lowest BCUT2D eigenvalue weighted by Crippen LogP contribution is -2.13. The zero-order valence-corrected chi connectivity index (χ0v) is 11.7. The summed E-state index contributed by atoms with van der Waals surface area (Å²) in [6.07, 6.45) is 1.99. The Kier molecular flexibility index (Phi) is 4.82. The van der Waals surface area contributed by atoms with E-state index in [1.807, 2.05) is 6.92 Å². The smallest absolute Gasteiger partial charge is 0.276 e. The normalized spacial score (nSPS) is 9.70. The van der Waals surface area contributed by atoms with Gasteiger partial charge in [-0.2, -0.15) is 0 Å². The van der Waals surface area contributed by atoms with E-state index in [1.165, 1.54) is 11.3 Å². The third-order valence-corrected chi connectivity index (χ3v) is 3.10. The Hall–Kier alpha value is -2.23. The molecule has 0 atom stereocenters. The molecule has 0 spiro atoms. The molecule has 2 heterocycles. The number of rotatable bonds is 3. The Balaban J connectivity index is 2.08. The highest BCUT2D eigenvalue weighted by Gasteiger charge is 2.10. The Morgan fingerprint density at radius 2 is 2.40 bits per heavy atom. The first-order chi connectivity index (χ1) is 9.69. The molecule has 0 saturated heterocycles. The summed E-state index contributed by atoms with van der Waals surface area (Å²) in [5, 5.41) is 13.9. The molecule has 2 N–H and O–H groups in total. The first-order valence-electron chi connectivity index (χ1n) is 5.98. The third kappa shape index (κ3) is 3.88. The lowest BCUT2D eigenvalue weighted by molar-refractivity contribution is 0.102. The van der Waals surface area contributed by atoms with Crippen molar-refractivity contribution in [2.24, 2.45) is 0 Å². The van der Waals surface area contributed by atoms with Crippen LogP contribution in [0.4, 0.5) is 5.82 Å². The molecule has 2 aromatic heterocycles. The van der Waals surface area contributed by atoms with Crippen molar-refractivity contribution >= 4 is 23.1 Å². The second kappa shape index (κ2) is 6.80. The molecule has 0 radical (unpaired) electrons. The van der Waals surface area contributed by atoms with Gasteiger partial charge in [0.15, 0.2) is 0 Å². The number of aryl methyl sites for hydroxylation is 1. The summed E-state index contributed by atoms with van der Waals surface area (Å²) in [5.41, 5.74) is 1.12. The maximum absolute atomic E-state index is 11.9. The first kappa shape index (κ1) is 14.2.